The van der Waals surface area contributed by atoms with Crippen LogP contribution < -0.4 is 0 Å². The molecule has 0 atom stereocenters. The summed E-state index contributed by atoms with van der Waals surface area (Å²) in [6, 6.07) is 0. The topological polar surface area (TPSA) is 43.4 Å². The molecular weight excluding hydrogens is 115 g/mol. The van der Waals surface area contributed by atoms with Crippen LogP contribution in [0.1, 0.15) is 13.3 Å². The monoisotopic (exact) mass is 124 g/mol. The van der Waals surface area contributed by atoms with Crippen molar-refractivity contribution < 1.29 is 14.3 Å². The van der Waals surface area contributed by atoms with E-state index in [2.05, 4.69) is 4.74 Å². The van der Waals surface area contributed by atoms with E-state index >= 15 is 0 Å². The zero-order valence-corrected chi connectivity index (χ0v) is 4.93. The standard InChI is InChI=1S/C5H8O3.Li.H/c1-4(6)3-5(7)8-2;;/h3H2,1-2H3;;. The molecule has 3 nitrogen and oxygen atoms in total. The normalized spacial score (nSPS) is 7.33. The van der Waals surface area contributed by atoms with E-state index in [-0.39, 0.29) is 31.1 Å². The Morgan fingerprint density at radius 1 is 1.44 bits per heavy atom. The first-order valence-corrected chi connectivity index (χ1v) is 2.23. The van der Waals surface area contributed by atoms with Crippen LogP contribution in [0.2, 0.25) is 0 Å². The minimum absolute atomic E-state index is 0. The van der Waals surface area contributed by atoms with Gasteiger partial charge in [-0.3, -0.25) is 9.59 Å². The van der Waals surface area contributed by atoms with Crippen LogP contribution >= 0.6 is 0 Å². The number of esters is 1. The van der Waals surface area contributed by atoms with E-state index in [0.717, 1.165) is 0 Å². The average molecular weight is 124 g/mol. The molecule has 0 spiro atoms. The predicted octanol–water partition coefficient (Wildman–Crippen LogP) is -0.510. The predicted molar refractivity (Wildman–Crippen MR) is 34.5 cm³/mol. The fraction of sp³-hybridized carbons (Fsp3) is 0.600. The third-order valence-corrected chi connectivity index (χ3v) is 0.621. The summed E-state index contributed by atoms with van der Waals surface area (Å²) < 4.78 is 4.20. The van der Waals surface area contributed by atoms with Crippen LogP contribution in [0.4, 0.5) is 0 Å². The van der Waals surface area contributed by atoms with E-state index in [1.807, 2.05) is 0 Å². The third-order valence-electron chi connectivity index (χ3n) is 0.621. The molecule has 0 rings (SSSR count). The Morgan fingerprint density at radius 3 is 2.00 bits per heavy atom. The second kappa shape index (κ2) is 5.87. The summed E-state index contributed by atoms with van der Waals surface area (Å²) in [6.07, 6.45) is -0.115. The molecule has 0 aliphatic heterocycles. The van der Waals surface area contributed by atoms with Crippen molar-refractivity contribution in [2.45, 2.75) is 13.3 Å². The van der Waals surface area contributed by atoms with E-state index in [0.29, 0.717) is 0 Å². The summed E-state index contributed by atoms with van der Waals surface area (Å²) in [6.45, 7) is 1.34. The Bertz CT molecular complexity index is 111. The molecule has 0 heterocycles. The van der Waals surface area contributed by atoms with Gasteiger partial charge in [0.2, 0.25) is 0 Å². The molecule has 0 radical (unpaired) electrons. The van der Waals surface area contributed by atoms with E-state index in [4.69, 9.17) is 0 Å². The number of Topliss-reactive ketones (excluding diaryl/α,β-unsaturated/α-hetero) is 1. The van der Waals surface area contributed by atoms with Crippen LogP contribution in [0.25, 0.3) is 0 Å². The number of rotatable bonds is 2. The Labute approximate surface area is 65.9 Å². The van der Waals surface area contributed by atoms with Crippen molar-refractivity contribution in [3.8, 4) is 0 Å². The van der Waals surface area contributed by atoms with Crippen LogP contribution in [-0.2, 0) is 14.3 Å². The van der Waals surface area contributed by atoms with Crippen molar-refractivity contribution in [3.63, 3.8) is 0 Å². The molecule has 0 aromatic rings. The van der Waals surface area contributed by atoms with Gasteiger partial charge in [0.15, 0.2) is 0 Å². The van der Waals surface area contributed by atoms with E-state index in [1.165, 1.54) is 14.0 Å². The molecule has 0 fully saturated rings. The summed E-state index contributed by atoms with van der Waals surface area (Å²) in [7, 11) is 1.26. The quantitative estimate of drug-likeness (QED) is 0.283. The van der Waals surface area contributed by atoms with Gasteiger partial charge in [-0.15, -0.1) is 0 Å². The molecular formula is C5H9LiO3. The van der Waals surface area contributed by atoms with Crippen molar-refractivity contribution in [3.05, 3.63) is 0 Å². The molecule has 0 unspecified atom stereocenters. The van der Waals surface area contributed by atoms with Crippen molar-refractivity contribution in [2.75, 3.05) is 7.11 Å². The van der Waals surface area contributed by atoms with Gasteiger partial charge in [0.05, 0.1) is 7.11 Å². The van der Waals surface area contributed by atoms with Gasteiger partial charge in [0.25, 0.3) is 0 Å². The summed E-state index contributed by atoms with van der Waals surface area (Å²) in [4.78, 5) is 20.3. The molecule has 0 saturated heterocycles. The van der Waals surface area contributed by atoms with Crippen LogP contribution in [0, 0.1) is 0 Å². The first kappa shape index (κ1) is 11.5. The number of hydrogen-bond donors (Lipinski definition) is 0. The zero-order chi connectivity index (χ0) is 6.57. The first-order valence-electron chi connectivity index (χ1n) is 2.23. The van der Waals surface area contributed by atoms with Crippen LogP contribution in [0.15, 0.2) is 0 Å². The van der Waals surface area contributed by atoms with Crippen molar-refractivity contribution in [2.24, 2.45) is 0 Å². The second-order valence-electron chi connectivity index (χ2n) is 1.45. The van der Waals surface area contributed by atoms with Gasteiger partial charge in [-0.05, 0) is 6.92 Å². The van der Waals surface area contributed by atoms with Crippen LogP contribution in [0.3, 0.4) is 0 Å². The number of ketones is 1. The molecule has 0 N–H and O–H groups in total. The second-order valence-corrected chi connectivity index (χ2v) is 1.45. The van der Waals surface area contributed by atoms with Crippen LogP contribution in [-0.4, -0.2) is 37.7 Å². The first-order chi connectivity index (χ1) is 3.66. The molecule has 0 aromatic heterocycles. The third kappa shape index (κ3) is 7.74. The molecule has 0 aliphatic carbocycles. The summed E-state index contributed by atoms with van der Waals surface area (Å²) in [5, 5.41) is 0. The van der Waals surface area contributed by atoms with E-state index in [1.54, 1.807) is 0 Å². The van der Waals surface area contributed by atoms with Gasteiger partial charge in [-0.25, -0.2) is 0 Å². The van der Waals surface area contributed by atoms with Crippen molar-refractivity contribution in [1.29, 1.82) is 0 Å². The molecule has 0 bridgehead atoms. The number of carbonyl (C=O) groups is 2. The molecule has 0 aromatic carbocycles. The summed E-state index contributed by atoms with van der Waals surface area (Å²) in [5.41, 5.74) is 0. The van der Waals surface area contributed by atoms with Gasteiger partial charge in [-0.2, -0.15) is 0 Å². The van der Waals surface area contributed by atoms with Crippen molar-refractivity contribution in [1.82, 2.24) is 0 Å². The van der Waals surface area contributed by atoms with Gasteiger partial charge >= 0.3 is 24.8 Å². The summed E-state index contributed by atoms with van der Waals surface area (Å²) in [5.74, 6) is -0.644. The maximum atomic E-state index is 10.2. The van der Waals surface area contributed by atoms with Gasteiger partial charge in [0.1, 0.15) is 12.2 Å². The Balaban J connectivity index is 0. The number of ether oxygens (including phenoxy) is 1. The van der Waals surface area contributed by atoms with E-state index in [9.17, 15) is 9.59 Å². The Hall–Kier alpha value is -0.263. The van der Waals surface area contributed by atoms with Crippen LogP contribution in [0.5, 0.6) is 0 Å². The minimum atomic E-state index is -0.475. The molecule has 0 saturated carbocycles. The Kier molecular flexibility index (Phi) is 7.51. The molecule has 4 heteroatoms. The summed E-state index contributed by atoms with van der Waals surface area (Å²) >= 11 is 0. The molecule has 9 heavy (non-hydrogen) atoms. The maximum absolute atomic E-state index is 10.2. The van der Waals surface area contributed by atoms with Crippen molar-refractivity contribution >= 4 is 30.6 Å². The SMILES string of the molecule is COC(=O)CC(C)=O.[LiH]. The van der Waals surface area contributed by atoms with E-state index < -0.39 is 5.97 Å². The molecule has 0 aliphatic rings. The Morgan fingerprint density at radius 2 is 1.89 bits per heavy atom. The number of hydrogen-bond acceptors (Lipinski definition) is 3. The zero-order valence-electron chi connectivity index (χ0n) is 4.93. The average Bonchev–Trinajstić information content (AvgIpc) is 1.65. The molecule has 0 amide bonds. The number of carbonyl (C=O) groups excluding carboxylic acids is 2. The fourth-order valence-corrected chi connectivity index (χ4v) is 0.275. The van der Waals surface area contributed by atoms with Gasteiger partial charge in [0, 0.05) is 0 Å². The molecule has 48 valence electrons. The number of methoxy groups -OCH3 is 1. The van der Waals surface area contributed by atoms with Gasteiger partial charge in [-0.1, -0.05) is 0 Å². The fourth-order valence-electron chi connectivity index (χ4n) is 0.275. The van der Waals surface area contributed by atoms with Gasteiger partial charge < -0.3 is 4.74 Å².